The van der Waals surface area contributed by atoms with Gasteiger partial charge in [0.1, 0.15) is 11.4 Å². The van der Waals surface area contributed by atoms with Crippen LogP contribution in [-0.2, 0) is 11.3 Å². The largest absolute Gasteiger partial charge is 0.454 e. The Hall–Kier alpha value is -0.760. The Morgan fingerprint density at radius 2 is 1.95 bits per heavy atom. The predicted molar refractivity (Wildman–Crippen MR) is 86.6 cm³/mol. The molecular formula is C14H23IN2O3. The van der Waals surface area contributed by atoms with Crippen molar-refractivity contribution in [3.05, 3.63) is 21.7 Å². The molecule has 0 bridgehead atoms. The smallest absolute Gasteiger partial charge is 0.407 e. The lowest BCUT2D eigenvalue weighted by atomic mass is 10.1. The molecule has 1 amide bonds. The second-order valence-corrected chi connectivity index (χ2v) is 7.36. The third-order valence-corrected chi connectivity index (χ3v) is 3.02. The maximum absolute atomic E-state index is 11.6. The summed E-state index contributed by atoms with van der Waals surface area (Å²) in [6.45, 7) is 10.6. The number of furan rings is 1. The Morgan fingerprint density at radius 3 is 2.45 bits per heavy atom. The Labute approximate surface area is 134 Å². The van der Waals surface area contributed by atoms with Crippen molar-refractivity contribution < 1.29 is 13.9 Å². The molecule has 20 heavy (non-hydrogen) atoms. The van der Waals surface area contributed by atoms with Crippen LogP contribution in [0.3, 0.4) is 0 Å². The summed E-state index contributed by atoms with van der Waals surface area (Å²) in [5.41, 5.74) is -0.734. The normalized spacial score (nSPS) is 12.3. The van der Waals surface area contributed by atoms with Crippen molar-refractivity contribution in [3.8, 4) is 0 Å². The van der Waals surface area contributed by atoms with E-state index < -0.39 is 11.7 Å². The Balaban J connectivity index is 2.35. The quantitative estimate of drug-likeness (QED) is 0.753. The fourth-order valence-corrected chi connectivity index (χ4v) is 1.91. The van der Waals surface area contributed by atoms with Crippen molar-refractivity contribution in [3.63, 3.8) is 0 Å². The molecular weight excluding hydrogens is 371 g/mol. The van der Waals surface area contributed by atoms with Crippen molar-refractivity contribution in [2.75, 3.05) is 6.54 Å². The molecule has 0 unspecified atom stereocenters. The van der Waals surface area contributed by atoms with Crippen molar-refractivity contribution in [1.82, 2.24) is 10.6 Å². The zero-order valence-corrected chi connectivity index (χ0v) is 14.8. The van der Waals surface area contributed by atoms with Gasteiger partial charge < -0.3 is 19.8 Å². The Bertz CT molecular complexity index is 450. The molecule has 5 nitrogen and oxygen atoms in total. The number of hydrogen-bond acceptors (Lipinski definition) is 4. The van der Waals surface area contributed by atoms with E-state index in [9.17, 15) is 4.79 Å². The first kappa shape index (κ1) is 17.3. The average Bonchev–Trinajstić information content (AvgIpc) is 2.68. The number of hydrogen-bond donors (Lipinski definition) is 2. The predicted octanol–water partition coefficient (Wildman–Crippen LogP) is 3.28. The van der Waals surface area contributed by atoms with Crippen LogP contribution in [0.2, 0.25) is 0 Å². The minimum absolute atomic E-state index is 0.255. The van der Waals surface area contributed by atoms with Gasteiger partial charge in [-0.05, 0) is 69.3 Å². The summed E-state index contributed by atoms with van der Waals surface area (Å²) in [5.74, 6) is 0.875. The highest BCUT2D eigenvalue weighted by molar-refractivity contribution is 14.1. The Morgan fingerprint density at radius 1 is 1.30 bits per heavy atom. The Kier molecular flexibility index (Phi) is 5.88. The molecule has 1 rings (SSSR count). The van der Waals surface area contributed by atoms with Gasteiger partial charge in [0.15, 0.2) is 3.77 Å². The van der Waals surface area contributed by atoms with Crippen LogP contribution < -0.4 is 10.6 Å². The molecule has 2 N–H and O–H groups in total. The maximum Gasteiger partial charge on any atom is 0.407 e. The molecule has 114 valence electrons. The lowest BCUT2D eigenvalue weighted by molar-refractivity contribution is 0.0513. The highest BCUT2D eigenvalue weighted by Crippen LogP contribution is 2.11. The molecule has 0 atom stereocenters. The molecule has 1 heterocycles. The van der Waals surface area contributed by atoms with Crippen LogP contribution in [0.25, 0.3) is 0 Å². The number of rotatable bonds is 5. The molecule has 0 radical (unpaired) electrons. The summed E-state index contributed by atoms with van der Waals surface area (Å²) in [6, 6.07) is 3.86. The van der Waals surface area contributed by atoms with E-state index in [1.54, 1.807) is 0 Å². The van der Waals surface area contributed by atoms with E-state index in [0.717, 1.165) is 9.53 Å². The molecule has 1 aromatic heterocycles. The molecule has 0 aliphatic heterocycles. The SMILES string of the molecule is CC(C)(CNC(=O)OC(C)(C)C)NCc1ccc(I)o1. The first-order chi connectivity index (χ1) is 9.07. The van der Waals surface area contributed by atoms with Gasteiger partial charge in [-0.2, -0.15) is 0 Å². The summed E-state index contributed by atoms with van der Waals surface area (Å²) >= 11 is 2.13. The van der Waals surface area contributed by atoms with Crippen LogP contribution in [0.4, 0.5) is 4.79 Å². The van der Waals surface area contributed by atoms with Gasteiger partial charge in [0, 0.05) is 12.1 Å². The van der Waals surface area contributed by atoms with Crippen LogP contribution in [0.15, 0.2) is 16.5 Å². The number of amides is 1. The van der Waals surface area contributed by atoms with E-state index in [4.69, 9.17) is 9.15 Å². The van der Waals surface area contributed by atoms with Gasteiger partial charge in [-0.1, -0.05) is 0 Å². The summed E-state index contributed by atoms with van der Waals surface area (Å²) in [7, 11) is 0. The van der Waals surface area contributed by atoms with Gasteiger partial charge in [0.2, 0.25) is 0 Å². The summed E-state index contributed by atoms with van der Waals surface area (Å²) < 4.78 is 11.5. The number of carbonyl (C=O) groups is 1. The van der Waals surface area contributed by atoms with Gasteiger partial charge in [0.25, 0.3) is 0 Å². The van der Waals surface area contributed by atoms with Crippen LogP contribution in [0.5, 0.6) is 0 Å². The molecule has 0 aliphatic rings. The molecule has 0 saturated heterocycles. The van der Waals surface area contributed by atoms with Crippen LogP contribution >= 0.6 is 22.6 Å². The van der Waals surface area contributed by atoms with Crippen molar-refractivity contribution in [2.24, 2.45) is 0 Å². The lowest BCUT2D eigenvalue weighted by Gasteiger charge is -2.27. The third kappa shape index (κ3) is 7.14. The van der Waals surface area contributed by atoms with Crippen LogP contribution in [-0.4, -0.2) is 23.8 Å². The zero-order chi connectivity index (χ0) is 15.4. The highest BCUT2D eigenvalue weighted by atomic mass is 127. The molecule has 0 spiro atoms. The third-order valence-electron chi connectivity index (χ3n) is 2.44. The summed E-state index contributed by atoms with van der Waals surface area (Å²) in [5, 5.41) is 6.10. The van der Waals surface area contributed by atoms with Crippen LogP contribution in [0, 0.1) is 3.77 Å². The van der Waals surface area contributed by atoms with Gasteiger partial charge in [0.05, 0.1) is 6.54 Å². The molecule has 6 heteroatoms. The standard InChI is InChI=1S/C14H23IN2O3/c1-13(2,3)20-12(18)16-9-14(4,5)17-8-10-6-7-11(15)19-10/h6-7,17H,8-9H2,1-5H3,(H,16,18). The lowest BCUT2D eigenvalue weighted by Crippen LogP contribution is -2.49. The van der Waals surface area contributed by atoms with Crippen molar-refractivity contribution in [2.45, 2.75) is 52.3 Å². The van der Waals surface area contributed by atoms with Gasteiger partial charge >= 0.3 is 6.09 Å². The second kappa shape index (κ2) is 6.80. The van der Waals surface area contributed by atoms with Gasteiger partial charge in [-0.3, -0.25) is 0 Å². The van der Waals surface area contributed by atoms with E-state index in [1.165, 1.54) is 0 Å². The number of carbonyl (C=O) groups excluding carboxylic acids is 1. The van der Waals surface area contributed by atoms with Gasteiger partial charge in [-0.15, -0.1) is 0 Å². The van der Waals surface area contributed by atoms with E-state index in [1.807, 2.05) is 46.8 Å². The summed E-state index contributed by atoms with van der Waals surface area (Å²) in [6.07, 6.45) is -0.403. The molecule has 0 fully saturated rings. The zero-order valence-electron chi connectivity index (χ0n) is 12.7. The average molecular weight is 394 g/mol. The highest BCUT2D eigenvalue weighted by Gasteiger charge is 2.21. The van der Waals surface area contributed by atoms with E-state index in [-0.39, 0.29) is 5.54 Å². The molecule has 1 aromatic rings. The monoisotopic (exact) mass is 394 g/mol. The molecule has 0 saturated carbocycles. The first-order valence-electron chi connectivity index (χ1n) is 6.53. The summed E-state index contributed by atoms with van der Waals surface area (Å²) in [4.78, 5) is 11.6. The minimum atomic E-state index is -0.480. The van der Waals surface area contributed by atoms with Gasteiger partial charge in [-0.25, -0.2) is 4.79 Å². The van der Waals surface area contributed by atoms with Crippen molar-refractivity contribution >= 4 is 28.7 Å². The second-order valence-electron chi connectivity index (χ2n) is 6.30. The number of alkyl carbamates (subject to hydrolysis) is 1. The number of ether oxygens (including phenoxy) is 1. The van der Waals surface area contributed by atoms with E-state index in [0.29, 0.717) is 13.1 Å². The van der Waals surface area contributed by atoms with E-state index >= 15 is 0 Å². The van der Waals surface area contributed by atoms with Crippen LogP contribution in [0.1, 0.15) is 40.4 Å². The molecule has 0 aromatic carbocycles. The maximum atomic E-state index is 11.6. The fourth-order valence-electron chi connectivity index (χ4n) is 1.44. The number of nitrogens with one attached hydrogen (secondary N) is 2. The first-order valence-corrected chi connectivity index (χ1v) is 7.61. The van der Waals surface area contributed by atoms with E-state index in [2.05, 4.69) is 33.2 Å². The number of halogens is 1. The van der Waals surface area contributed by atoms with Crippen molar-refractivity contribution in [1.29, 1.82) is 0 Å². The fraction of sp³-hybridized carbons (Fsp3) is 0.643. The topological polar surface area (TPSA) is 63.5 Å². The minimum Gasteiger partial charge on any atom is -0.454 e. The molecule has 0 aliphatic carbocycles.